The topological polar surface area (TPSA) is 94.1 Å². The van der Waals surface area contributed by atoms with Crippen LogP contribution in [-0.4, -0.2) is 71.2 Å². The first-order chi connectivity index (χ1) is 14.8. The average Bonchev–Trinajstić information content (AvgIpc) is 3.10. The SMILES string of the molecule is COc1cnc(C(=O)N2CCN(C(=O)/C=C/c3ccc4c(c3)OC(F)(F)O4)CC2)cn1. The van der Waals surface area contributed by atoms with Crippen molar-refractivity contribution in [2.24, 2.45) is 0 Å². The molecule has 1 fully saturated rings. The van der Waals surface area contributed by atoms with Gasteiger partial charge in [0.1, 0.15) is 5.69 Å². The molecule has 31 heavy (non-hydrogen) atoms. The molecule has 1 aromatic heterocycles. The monoisotopic (exact) mass is 432 g/mol. The second kappa shape index (κ2) is 8.17. The minimum atomic E-state index is -3.69. The normalized spacial score (nSPS) is 17.1. The third kappa shape index (κ3) is 4.55. The van der Waals surface area contributed by atoms with Crippen LogP contribution in [0.25, 0.3) is 6.08 Å². The molecule has 4 rings (SSSR count). The predicted molar refractivity (Wildman–Crippen MR) is 103 cm³/mol. The van der Waals surface area contributed by atoms with E-state index >= 15 is 0 Å². The molecule has 0 radical (unpaired) electrons. The number of hydrogen-bond donors (Lipinski definition) is 0. The van der Waals surface area contributed by atoms with E-state index in [4.69, 9.17) is 4.74 Å². The summed E-state index contributed by atoms with van der Waals surface area (Å²) in [4.78, 5) is 36.2. The van der Waals surface area contributed by atoms with Crippen LogP contribution in [0.2, 0.25) is 0 Å². The number of methoxy groups -OCH3 is 1. The van der Waals surface area contributed by atoms with Gasteiger partial charge in [-0.1, -0.05) is 6.07 Å². The molecule has 0 saturated carbocycles. The number of halogens is 2. The highest BCUT2D eigenvalue weighted by Crippen LogP contribution is 2.41. The Hall–Kier alpha value is -3.76. The molecule has 1 aromatic carbocycles. The Bertz CT molecular complexity index is 1020. The summed E-state index contributed by atoms with van der Waals surface area (Å²) in [5, 5.41) is 0. The Balaban J connectivity index is 1.32. The highest BCUT2D eigenvalue weighted by atomic mass is 19.3. The molecule has 1 saturated heterocycles. The van der Waals surface area contributed by atoms with Gasteiger partial charge in [-0.3, -0.25) is 9.59 Å². The molecular formula is C20H18F2N4O5. The van der Waals surface area contributed by atoms with Crippen molar-refractivity contribution in [2.75, 3.05) is 33.3 Å². The molecule has 162 valence electrons. The van der Waals surface area contributed by atoms with Crippen molar-refractivity contribution in [3.63, 3.8) is 0 Å². The quantitative estimate of drug-likeness (QED) is 0.680. The van der Waals surface area contributed by atoms with Gasteiger partial charge in [0.05, 0.1) is 19.5 Å². The van der Waals surface area contributed by atoms with E-state index in [0.29, 0.717) is 37.6 Å². The fraction of sp³-hybridized carbons (Fsp3) is 0.300. The Morgan fingerprint density at radius 1 is 1.06 bits per heavy atom. The van der Waals surface area contributed by atoms with Crippen LogP contribution in [0.1, 0.15) is 16.1 Å². The van der Waals surface area contributed by atoms with Crippen LogP contribution in [-0.2, 0) is 4.79 Å². The van der Waals surface area contributed by atoms with Crippen molar-refractivity contribution in [1.82, 2.24) is 19.8 Å². The Labute approximate surface area is 175 Å². The average molecular weight is 432 g/mol. The van der Waals surface area contributed by atoms with Crippen LogP contribution < -0.4 is 14.2 Å². The van der Waals surface area contributed by atoms with Crippen molar-refractivity contribution < 1.29 is 32.6 Å². The first-order valence-electron chi connectivity index (χ1n) is 9.37. The zero-order chi connectivity index (χ0) is 22.0. The number of fused-ring (bicyclic) bond motifs is 1. The zero-order valence-corrected chi connectivity index (χ0v) is 16.5. The number of benzene rings is 1. The highest BCUT2D eigenvalue weighted by Gasteiger charge is 2.43. The van der Waals surface area contributed by atoms with E-state index in [1.165, 1.54) is 43.8 Å². The van der Waals surface area contributed by atoms with Crippen molar-refractivity contribution >= 4 is 17.9 Å². The zero-order valence-electron chi connectivity index (χ0n) is 16.5. The number of aromatic nitrogens is 2. The van der Waals surface area contributed by atoms with E-state index in [1.807, 2.05) is 0 Å². The lowest BCUT2D eigenvalue weighted by Gasteiger charge is -2.34. The van der Waals surface area contributed by atoms with Crippen molar-refractivity contribution in [2.45, 2.75) is 6.29 Å². The van der Waals surface area contributed by atoms with Gasteiger partial charge in [0.25, 0.3) is 5.91 Å². The number of hydrogen-bond acceptors (Lipinski definition) is 7. The Morgan fingerprint density at radius 2 is 1.77 bits per heavy atom. The molecule has 2 aliphatic rings. The number of carbonyl (C=O) groups excluding carboxylic acids is 2. The van der Waals surface area contributed by atoms with Gasteiger partial charge >= 0.3 is 6.29 Å². The Morgan fingerprint density at radius 3 is 2.45 bits per heavy atom. The summed E-state index contributed by atoms with van der Waals surface area (Å²) < 4.78 is 39.9. The lowest BCUT2D eigenvalue weighted by molar-refractivity contribution is -0.286. The second-order valence-corrected chi connectivity index (χ2v) is 6.77. The van der Waals surface area contributed by atoms with Crippen LogP contribution in [0, 0.1) is 0 Å². The first kappa shape index (κ1) is 20.5. The largest absolute Gasteiger partial charge is 0.586 e. The molecule has 2 aliphatic heterocycles. The fourth-order valence-corrected chi connectivity index (χ4v) is 3.17. The number of piperazine rings is 1. The third-order valence-electron chi connectivity index (χ3n) is 4.78. The van der Waals surface area contributed by atoms with E-state index in [2.05, 4.69) is 19.4 Å². The number of ether oxygens (including phenoxy) is 3. The van der Waals surface area contributed by atoms with Crippen LogP contribution in [0.15, 0.2) is 36.7 Å². The van der Waals surface area contributed by atoms with E-state index in [-0.39, 0.29) is 29.0 Å². The summed E-state index contributed by atoms with van der Waals surface area (Å²) in [5.74, 6) is -0.353. The Kier molecular flexibility index (Phi) is 5.40. The number of carbonyl (C=O) groups is 2. The summed E-state index contributed by atoms with van der Waals surface area (Å²) in [6.45, 7) is 1.41. The van der Waals surface area contributed by atoms with Crippen LogP contribution in [0.4, 0.5) is 8.78 Å². The second-order valence-electron chi connectivity index (χ2n) is 6.77. The smallest absolute Gasteiger partial charge is 0.480 e. The van der Waals surface area contributed by atoms with Gasteiger partial charge in [0.2, 0.25) is 11.8 Å². The number of alkyl halides is 2. The van der Waals surface area contributed by atoms with E-state index in [1.54, 1.807) is 15.9 Å². The van der Waals surface area contributed by atoms with Gasteiger partial charge < -0.3 is 24.0 Å². The molecule has 0 bridgehead atoms. The minimum Gasteiger partial charge on any atom is -0.480 e. The summed E-state index contributed by atoms with van der Waals surface area (Å²) in [6.07, 6.45) is 1.89. The lowest BCUT2D eigenvalue weighted by atomic mass is 10.2. The molecule has 0 N–H and O–H groups in total. The summed E-state index contributed by atoms with van der Waals surface area (Å²) in [7, 11) is 1.46. The highest BCUT2D eigenvalue weighted by molar-refractivity contribution is 5.93. The maximum absolute atomic E-state index is 13.1. The van der Waals surface area contributed by atoms with Crippen LogP contribution in [0.3, 0.4) is 0 Å². The fourth-order valence-electron chi connectivity index (χ4n) is 3.17. The predicted octanol–water partition coefficient (Wildman–Crippen LogP) is 1.80. The van der Waals surface area contributed by atoms with Gasteiger partial charge in [0.15, 0.2) is 11.5 Å². The molecule has 11 heteroatoms. The van der Waals surface area contributed by atoms with Crippen molar-refractivity contribution in [1.29, 1.82) is 0 Å². The van der Waals surface area contributed by atoms with Gasteiger partial charge in [-0.15, -0.1) is 8.78 Å². The van der Waals surface area contributed by atoms with Gasteiger partial charge in [0, 0.05) is 32.3 Å². The molecule has 0 aliphatic carbocycles. The summed E-state index contributed by atoms with van der Waals surface area (Å²) in [5.41, 5.74) is 0.717. The van der Waals surface area contributed by atoms with Crippen LogP contribution in [0.5, 0.6) is 17.4 Å². The molecule has 9 nitrogen and oxygen atoms in total. The van der Waals surface area contributed by atoms with Crippen molar-refractivity contribution in [3.8, 4) is 17.4 Å². The molecule has 2 amide bonds. The first-order valence-corrected chi connectivity index (χ1v) is 9.37. The molecule has 0 unspecified atom stereocenters. The molecule has 3 heterocycles. The maximum Gasteiger partial charge on any atom is 0.586 e. The molecule has 0 atom stereocenters. The molecule has 2 aromatic rings. The van der Waals surface area contributed by atoms with E-state index in [9.17, 15) is 18.4 Å². The maximum atomic E-state index is 13.1. The number of amides is 2. The van der Waals surface area contributed by atoms with Crippen LogP contribution >= 0.6 is 0 Å². The molecular weight excluding hydrogens is 414 g/mol. The van der Waals surface area contributed by atoms with E-state index in [0.717, 1.165) is 0 Å². The third-order valence-corrected chi connectivity index (χ3v) is 4.78. The standard InChI is InChI=1S/C20H18F2N4O5/c1-29-17-12-23-14(11-24-17)19(28)26-8-6-25(7-9-26)18(27)5-3-13-2-4-15-16(10-13)31-20(21,22)30-15/h2-5,10-12H,6-9H2,1H3/b5-3+. The summed E-state index contributed by atoms with van der Waals surface area (Å²) in [6, 6.07) is 4.26. The minimum absolute atomic E-state index is 0.0594. The van der Waals surface area contributed by atoms with Crippen molar-refractivity contribution in [3.05, 3.63) is 47.9 Å². The number of rotatable bonds is 4. The van der Waals surface area contributed by atoms with Gasteiger partial charge in [-0.05, 0) is 23.8 Å². The number of nitrogens with zero attached hydrogens (tertiary/aromatic N) is 4. The van der Waals surface area contributed by atoms with E-state index < -0.39 is 6.29 Å². The van der Waals surface area contributed by atoms with Gasteiger partial charge in [-0.2, -0.15) is 0 Å². The molecule has 0 spiro atoms. The van der Waals surface area contributed by atoms with Gasteiger partial charge in [-0.25, -0.2) is 9.97 Å². The lowest BCUT2D eigenvalue weighted by Crippen LogP contribution is -2.50. The summed E-state index contributed by atoms with van der Waals surface area (Å²) >= 11 is 0.